The van der Waals surface area contributed by atoms with Crippen molar-refractivity contribution in [3.05, 3.63) is 35.4 Å². The first-order chi connectivity index (χ1) is 11.5. The monoisotopic (exact) mass is 336 g/mol. The fourth-order valence-corrected chi connectivity index (χ4v) is 2.79. The summed E-state index contributed by atoms with van der Waals surface area (Å²) in [6, 6.07) is 6.87. The molecule has 0 heterocycles. The highest BCUT2D eigenvalue weighted by Crippen LogP contribution is 2.30. The lowest BCUT2D eigenvalue weighted by Gasteiger charge is -2.31. The molecule has 3 atom stereocenters. The van der Waals surface area contributed by atoms with E-state index in [0.29, 0.717) is 11.5 Å². The quantitative estimate of drug-likeness (QED) is 0.455. The van der Waals surface area contributed by atoms with E-state index >= 15 is 0 Å². The molecule has 0 saturated heterocycles. The van der Waals surface area contributed by atoms with Gasteiger partial charge in [0.2, 0.25) is 0 Å². The van der Waals surface area contributed by atoms with Crippen molar-refractivity contribution in [3.8, 4) is 0 Å². The van der Waals surface area contributed by atoms with Crippen molar-refractivity contribution in [2.75, 3.05) is 0 Å². The van der Waals surface area contributed by atoms with Gasteiger partial charge in [0.15, 0.2) is 0 Å². The average Bonchev–Trinajstić information content (AvgIpc) is 2.58. The van der Waals surface area contributed by atoms with Crippen molar-refractivity contribution < 1.29 is 29.1 Å². The molecule has 1 aliphatic rings. The van der Waals surface area contributed by atoms with E-state index in [1.165, 1.54) is 0 Å². The summed E-state index contributed by atoms with van der Waals surface area (Å²) >= 11 is 0. The van der Waals surface area contributed by atoms with E-state index in [1.807, 2.05) is 26.0 Å². The Morgan fingerprint density at radius 1 is 1.08 bits per heavy atom. The molecule has 1 fully saturated rings. The van der Waals surface area contributed by atoms with Gasteiger partial charge in [0, 0.05) is 0 Å². The molecule has 0 radical (unpaired) electrons. The lowest BCUT2D eigenvalue weighted by molar-refractivity contribution is -0.453. The number of aryl methyl sites for hydroxylation is 1. The zero-order valence-electron chi connectivity index (χ0n) is 14.3. The zero-order chi connectivity index (χ0) is 17.5. The Hall–Kier alpha value is -2.08. The van der Waals surface area contributed by atoms with Gasteiger partial charge < -0.3 is 4.74 Å². The minimum absolute atomic E-state index is 0.206. The van der Waals surface area contributed by atoms with Gasteiger partial charge in [0.25, 0.3) is 0 Å². The summed E-state index contributed by atoms with van der Waals surface area (Å²) in [6.45, 7) is 6.17. The van der Waals surface area contributed by atoms with Gasteiger partial charge in [-0.25, -0.2) is 14.5 Å². The first-order valence-corrected chi connectivity index (χ1v) is 8.34. The van der Waals surface area contributed by atoms with Crippen LogP contribution in [0, 0.1) is 11.8 Å². The van der Waals surface area contributed by atoms with Crippen molar-refractivity contribution in [2.45, 2.75) is 52.6 Å². The van der Waals surface area contributed by atoms with Crippen LogP contribution in [0.25, 0.3) is 0 Å². The van der Waals surface area contributed by atoms with Gasteiger partial charge in [-0.2, -0.15) is 0 Å². The topological polar surface area (TPSA) is 71.1 Å². The molecule has 3 unspecified atom stereocenters. The van der Waals surface area contributed by atoms with Crippen LogP contribution in [-0.2, 0) is 26.0 Å². The van der Waals surface area contributed by atoms with Crippen molar-refractivity contribution in [1.29, 1.82) is 0 Å². The number of carbonyl (C=O) groups is 2. The van der Waals surface area contributed by atoms with E-state index in [1.54, 1.807) is 12.1 Å². The standard InChI is InChI=1S/C18H24O6/c1-4-14-7-9-15(10-8-14)17(19)22-24-23-18(20)21-16-11-12(2)5-6-13(16)3/h7-10,12-13,16H,4-6,11H2,1-3H3. The van der Waals surface area contributed by atoms with E-state index in [9.17, 15) is 9.59 Å². The third kappa shape index (κ3) is 5.23. The van der Waals surface area contributed by atoms with E-state index in [4.69, 9.17) is 4.74 Å². The van der Waals surface area contributed by atoms with E-state index in [2.05, 4.69) is 21.7 Å². The highest BCUT2D eigenvalue weighted by atomic mass is 17.5. The fourth-order valence-electron chi connectivity index (χ4n) is 2.79. The number of rotatable bonds is 5. The molecule has 6 heteroatoms. The van der Waals surface area contributed by atoms with Crippen LogP contribution in [0.3, 0.4) is 0 Å². The number of hydrogen-bond acceptors (Lipinski definition) is 6. The maximum Gasteiger partial charge on any atom is 0.543 e. The minimum atomic E-state index is -1.00. The number of benzene rings is 1. The molecule has 1 saturated carbocycles. The summed E-state index contributed by atoms with van der Waals surface area (Å²) in [5.74, 6) is 0.0299. The number of ether oxygens (including phenoxy) is 1. The number of hydrogen-bond donors (Lipinski definition) is 0. The second-order valence-corrected chi connectivity index (χ2v) is 6.37. The van der Waals surface area contributed by atoms with E-state index in [0.717, 1.165) is 31.2 Å². The molecular weight excluding hydrogens is 312 g/mol. The van der Waals surface area contributed by atoms with Gasteiger partial charge in [-0.15, -0.1) is 0 Å². The Morgan fingerprint density at radius 2 is 1.79 bits per heavy atom. The van der Waals surface area contributed by atoms with Crippen LogP contribution >= 0.6 is 0 Å². The molecule has 1 aromatic rings. The van der Waals surface area contributed by atoms with Crippen molar-refractivity contribution >= 4 is 12.1 Å². The molecule has 1 aromatic carbocycles. The second kappa shape index (κ2) is 8.68. The maximum atomic E-state index is 11.7. The Balaban J connectivity index is 1.72. The second-order valence-electron chi connectivity index (χ2n) is 6.37. The first kappa shape index (κ1) is 18.3. The molecule has 0 aliphatic heterocycles. The van der Waals surface area contributed by atoms with E-state index < -0.39 is 12.1 Å². The fraction of sp³-hybridized carbons (Fsp3) is 0.556. The minimum Gasteiger partial charge on any atom is -0.429 e. The van der Waals surface area contributed by atoms with Gasteiger partial charge in [-0.3, -0.25) is 4.89 Å². The molecule has 0 N–H and O–H groups in total. The molecule has 132 valence electrons. The first-order valence-electron chi connectivity index (χ1n) is 8.34. The Bertz CT molecular complexity index is 553. The van der Waals surface area contributed by atoms with Gasteiger partial charge in [0.05, 0.1) is 10.6 Å². The van der Waals surface area contributed by atoms with Gasteiger partial charge in [0.1, 0.15) is 6.10 Å². The molecule has 0 amide bonds. The summed E-state index contributed by atoms with van der Waals surface area (Å²) in [7, 11) is 0. The molecule has 2 rings (SSSR count). The highest BCUT2D eigenvalue weighted by molar-refractivity contribution is 5.88. The van der Waals surface area contributed by atoms with Crippen LogP contribution in [0.5, 0.6) is 0 Å². The van der Waals surface area contributed by atoms with Crippen molar-refractivity contribution in [3.63, 3.8) is 0 Å². The Kier molecular flexibility index (Phi) is 6.61. The molecule has 0 bridgehead atoms. The lowest BCUT2D eigenvalue weighted by Crippen LogP contribution is -2.31. The highest BCUT2D eigenvalue weighted by Gasteiger charge is 2.29. The van der Waals surface area contributed by atoms with Crippen molar-refractivity contribution in [2.24, 2.45) is 11.8 Å². The van der Waals surface area contributed by atoms with Crippen LogP contribution in [-0.4, -0.2) is 18.2 Å². The molecular formula is C18H24O6. The van der Waals surface area contributed by atoms with Crippen LogP contribution < -0.4 is 0 Å². The molecule has 0 spiro atoms. The molecule has 1 aliphatic carbocycles. The average molecular weight is 336 g/mol. The van der Waals surface area contributed by atoms with Gasteiger partial charge in [-0.1, -0.05) is 39.3 Å². The molecule has 0 aromatic heterocycles. The van der Waals surface area contributed by atoms with Crippen LogP contribution in [0.15, 0.2) is 24.3 Å². The van der Waals surface area contributed by atoms with Crippen LogP contribution in [0.2, 0.25) is 0 Å². The summed E-state index contributed by atoms with van der Waals surface area (Å²) < 4.78 is 5.21. The molecule has 24 heavy (non-hydrogen) atoms. The molecule has 6 nitrogen and oxygen atoms in total. The Morgan fingerprint density at radius 3 is 2.46 bits per heavy atom. The summed E-state index contributed by atoms with van der Waals surface area (Å²) in [4.78, 5) is 32.1. The third-order valence-corrected chi connectivity index (χ3v) is 4.44. The summed E-state index contributed by atoms with van der Waals surface area (Å²) in [5.41, 5.74) is 1.40. The van der Waals surface area contributed by atoms with Gasteiger partial charge in [-0.05, 0) is 48.8 Å². The third-order valence-electron chi connectivity index (χ3n) is 4.44. The SMILES string of the molecule is CCc1ccc(C(=O)OOOC(=O)OC2CC(C)CCC2C)cc1. The van der Waals surface area contributed by atoms with Crippen LogP contribution in [0.1, 0.15) is 56.0 Å². The summed E-state index contributed by atoms with van der Waals surface area (Å²) in [6.07, 6.45) is 2.58. The summed E-state index contributed by atoms with van der Waals surface area (Å²) in [5, 5.41) is 4.25. The van der Waals surface area contributed by atoms with Gasteiger partial charge >= 0.3 is 12.1 Å². The van der Waals surface area contributed by atoms with Crippen LogP contribution in [0.4, 0.5) is 4.79 Å². The normalized spacial score (nSPS) is 23.4. The van der Waals surface area contributed by atoms with Crippen molar-refractivity contribution in [1.82, 2.24) is 0 Å². The zero-order valence-corrected chi connectivity index (χ0v) is 14.3. The predicted octanol–water partition coefficient (Wildman–Crippen LogP) is 4.23. The number of carbonyl (C=O) groups excluding carboxylic acids is 2. The smallest absolute Gasteiger partial charge is 0.429 e. The maximum absolute atomic E-state index is 11.7. The van der Waals surface area contributed by atoms with E-state index in [-0.39, 0.29) is 12.0 Å². The lowest BCUT2D eigenvalue weighted by atomic mass is 9.82. The largest absolute Gasteiger partial charge is 0.543 e. The predicted molar refractivity (Wildman–Crippen MR) is 85.9 cm³/mol. The Labute approximate surface area is 141 Å².